The van der Waals surface area contributed by atoms with E-state index < -0.39 is 10.0 Å². The maximum Gasteiger partial charge on any atom is 0.240 e. The summed E-state index contributed by atoms with van der Waals surface area (Å²) in [5.41, 5.74) is 6.56. The normalized spacial score (nSPS) is 17.2. The fraction of sp³-hybridized carbons (Fsp3) is 0.571. The molecule has 1 atom stereocenters. The number of nitrogens with one attached hydrogen (secondary N) is 1. The van der Waals surface area contributed by atoms with Crippen LogP contribution in [-0.4, -0.2) is 39.0 Å². The van der Waals surface area contributed by atoms with Crippen molar-refractivity contribution in [1.29, 1.82) is 0 Å². The molecule has 1 aliphatic carbocycles. The zero-order valence-electron chi connectivity index (χ0n) is 12.6. The Bertz CT molecular complexity index is 629. The summed E-state index contributed by atoms with van der Waals surface area (Å²) in [6.45, 7) is 4.10. The van der Waals surface area contributed by atoms with Crippen LogP contribution in [-0.2, 0) is 10.0 Å². The van der Waals surface area contributed by atoms with Crippen molar-refractivity contribution in [3.05, 3.63) is 22.7 Å². The third-order valence-electron chi connectivity index (χ3n) is 3.97. The summed E-state index contributed by atoms with van der Waals surface area (Å²) >= 11 is 5.90. The highest BCUT2D eigenvalue weighted by molar-refractivity contribution is 7.89. The van der Waals surface area contributed by atoms with Gasteiger partial charge in [-0.2, -0.15) is 0 Å². The van der Waals surface area contributed by atoms with Crippen LogP contribution < -0.4 is 10.5 Å². The Morgan fingerprint density at radius 1 is 1.48 bits per heavy atom. The predicted molar refractivity (Wildman–Crippen MR) is 86.0 cm³/mol. The quantitative estimate of drug-likeness (QED) is 0.782. The van der Waals surface area contributed by atoms with Crippen LogP contribution in [0.3, 0.4) is 0 Å². The molecule has 1 unspecified atom stereocenters. The molecular weight excluding hydrogens is 310 g/mol. The standard InChI is InChI=1S/C14H22ClN3O2S/c1-9-6-12(15)13(16)7-14(9)21(19,20)17-8-10(2)18(3)11-4-5-11/h6-7,10-11,17H,4-5,8,16H2,1-3H3. The summed E-state index contributed by atoms with van der Waals surface area (Å²) in [5.74, 6) is 0. The molecule has 1 aromatic carbocycles. The van der Waals surface area contributed by atoms with Crippen molar-refractivity contribution in [1.82, 2.24) is 9.62 Å². The molecule has 1 fully saturated rings. The lowest BCUT2D eigenvalue weighted by atomic mass is 10.2. The molecule has 21 heavy (non-hydrogen) atoms. The average molecular weight is 332 g/mol. The number of likely N-dealkylation sites (N-methyl/N-ethyl adjacent to an activating group) is 1. The van der Waals surface area contributed by atoms with Crippen LogP contribution in [0, 0.1) is 6.92 Å². The van der Waals surface area contributed by atoms with Gasteiger partial charge in [0.25, 0.3) is 0 Å². The lowest BCUT2D eigenvalue weighted by Crippen LogP contribution is -2.41. The molecule has 3 N–H and O–H groups in total. The van der Waals surface area contributed by atoms with Gasteiger partial charge in [0.05, 0.1) is 15.6 Å². The van der Waals surface area contributed by atoms with Gasteiger partial charge in [-0.1, -0.05) is 11.6 Å². The third-order valence-corrected chi connectivity index (χ3v) is 5.86. The maximum absolute atomic E-state index is 12.4. The number of hydrogen-bond donors (Lipinski definition) is 2. The number of nitrogens with two attached hydrogens (primary N) is 1. The van der Waals surface area contributed by atoms with Crippen molar-refractivity contribution >= 4 is 27.3 Å². The fourth-order valence-electron chi connectivity index (χ4n) is 2.25. The molecule has 5 nitrogen and oxygen atoms in total. The number of halogens is 1. The van der Waals surface area contributed by atoms with Gasteiger partial charge in [-0.05, 0) is 51.4 Å². The minimum absolute atomic E-state index is 0.150. The first-order valence-electron chi connectivity index (χ1n) is 6.99. The lowest BCUT2D eigenvalue weighted by molar-refractivity contribution is 0.248. The number of nitrogens with zero attached hydrogens (tertiary/aromatic N) is 1. The van der Waals surface area contributed by atoms with Crippen LogP contribution in [0.2, 0.25) is 5.02 Å². The van der Waals surface area contributed by atoms with E-state index in [9.17, 15) is 8.42 Å². The number of hydrogen-bond acceptors (Lipinski definition) is 4. The van der Waals surface area contributed by atoms with Crippen molar-refractivity contribution in [2.45, 2.75) is 43.7 Å². The molecule has 2 rings (SSSR count). The van der Waals surface area contributed by atoms with Crippen molar-refractivity contribution in [3.63, 3.8) is 0 Å². The highest BCUT2D eigenvalue weighted by Crippen LogP contribution is 2.28. The van der Waals surface area contributed by atoms with E-state index >= 15 is 0 Å². The largest absolute Gasteiger partial charge is 0.397 e. The van der Waals surface area contributed by atoms with Gasteiger partial charge in [0.1, 0.15) is 0 Å². The first kappa shape index (κ1) is 16.5. The van der Waals surface area contributed by atoms with Gasteiger partial charge in [0.15, 0.2) is 0 Å². The van der Waals surface area contributed by atoms with Crippen LogP contribution in [0.4, 0.5) is 5.69 Å². The SMILES string of the molecule is Cc1cc(Cl)c(N)cc1S(=O)(=O)NCC(C)N(C)C1CC1. The summed E-state index contributed by atoms with van der Waals surface area (Å²) < 4.78 is 27.5. The van der Waals surface area contributed by atoms with Crippen LogP contribution in [0.5, 0.6) is 0 Å². The van der Waals surface area contributed by atoms with E-state index in [0.29, 0.717) is 23.2 Å². The van der Waals surface area contributed by atoms with Gasteiger partial charge in [-0.25, -0.2) is 13.1 Å². The van der Waals surface area contributed by atoms with E-state index in [1.165, 1.54) is 18.9 Å². The van der Waals surface area contributed by atoms with Crippen molar-refractivity contribution in [3.8, 4) is 0 Å². The van der Waals surface area contributed by atoms with Gasteiger partial charge < -0.3 is 5.73 Å². The molecule has 7 heteroatoms. The van der Waals surface area contributed by atoms with Crippen molar-refractivity contribution < 1.29 is 8.42 Å². The molecule has 0 aromatic heterocycles. The Morgan fingerprint density at radius 2 is 2.10 bits per heavy atom. The summed E-state index contributed by atoms with van der Waals surface area (Å²) in [6, 6.07) is 3.73. The van der Waals surface area contributed by atoms with E-state index in [1.807, 2.05) is 14.0 Å². The van der Waals surface area contributed by atoms with Crippen molar-refractivity contribution in [2.24, 2.45) is 0 Å². The second kappa shape index (κ2) is 6.12. The second-order valence-electron chi connectivity index (χ2n) is 5.74. The topological polar surface area (TPSA) is 75.4 Å². The molecule has 0 saturated heterocycles. The first-order chi connectivity index (χ1) is 9.72. The number of anilines is 1. The smallest absolute Gasteiger partial charge is 0.240 e. The Morgan fingerprint density at radius 3 is 2.67 bits per heavy atom. The van der Waals surface area contributed by atoms with Crippen molar-refractivity contribution in [2.75, 3.05) is 19.3 Å². The molecule has 1 aromatic rings. The van der Waals surface area contributed by atoms with Crippen LogP contribution in [0.25, 0.3) is 0 Å². The summed E-state index contributed by atoms with van der Waals surface area (Å²) in [6.07, 6.45) is 2.39. The van der Waals surface area contributed by atoms with Gasteiger partial charge in [-0.15, -0.1) is 0 Å². The van der Waals surface area contributed by atoms with Crippen LogP contribution in [0.15, 0.2) is 17.0 Å². The first-order valence-corrected chi connectivity index (χ1v) is 8.85. The molecule has 118 valence electrons. The monoisotopic (exact) mass is 331 g/mol. The molecular formula is C14H22ClN3O2S. The van der Waals surface area contributed by atoms with Gasteiger partial charge in [0, 0.05) is 18.6 Å². The molecule has 0 radical (unpaired) electrons. The fourth-order valence-corrected chi connectivity index (χ4v) is 3.85. The minimum atomic E-state index is -3.58. The number of nitrogen functional groups attached to an aromatic ring is 1. The zero-order valence-corrected chi connectivity index (χ0v) is 14.1. The van der Waals surface area contributed by atoms with E-state index in [1.54, 1.807) is 13.0 Å². The van der Waals surface area contributed by atoms with Crippen LogP contribution >= 0.6 is 11.6 Å². The molecule has 0 aliphatic heterocycles. The molecule has 1 saturated carbocycles. The van der Waals surface area contributed by atoms with Crippen LogP contribution in [0.1, 0.15) is 25.3 Å². The van der Waals surface area contributed by atoms with Gasteiger partial charge in [-0.3, -0.25) is 4.90 Å². The van der Waals surface area contributed by atoms with E-state index in [0.717, 1.165) is 0 Å². The Balaban J connectivity index is 2.09. The molecule has 1 aliphatic rings. The number of rotatable bonds is 6. The molecule has 0 spiro atoms. The van der Waals surface area contributed by atoms with E-state index in [4.69, 9.17) is 17.3 Å². The maximum atomic E-state index is 12.4. The number of benzene rings is 1. The highest BCUT2D eigenvalue weighted by atomic mass is 35.5. The van der Waals surface area contributed by atoms with Gasteiger partial charge >= 0.3 is 0 Å². The predicted octanol–water partition coefficient (Wildman–Crippen LogP) is 1.99. The summed E-state index contributed by atoms with van der Waals surface area (Å²) in [5, 5.41) is 0.369. The zero-order chi connectivity index (χ0) is 15.8. The second-order valence-corrected chi connectivity index (χ2v) is 7.88. The number of aryl methyl sites for hydroxylation is 1. The highest BCUT2D eigenvalue weighted by Gasteiger charge is 2.29. The average Bonchev–Trinajstić information content (AvgIpc) is 3.23. The molecule has 0 bridgehead atoms. The lowest BCUT2D eigenvalue weighted by Gasteiger charge is -2.24. The molecule has 0 heterocycles. The summed E-state index contributed by atoms with van der Waals surface area (Å²) in [4.78, 5) is 2.40. The minimum Gasteiger partial charge on any atom is -0.397 e. The van der Waals surface area contributed by atoms with E-state index in [2.05, 4.69) is 9.62 Å². The Labute approximate surface area is 131 Å². The van der Waals surface area contributed by atoms with E-state index in [-0.39, 0.29) is 16.6 Å². The Hall–Kier alpha value is -0.820. The Kier molecular flexibility index (Phi) is 4.82. The molecule has 0 amide bonds. The number of sulfonamides is 1. The summed E-state index contributed by atoms with van der Waals surface area (Å²) in [7, 11) is -1.55. The van der Waals surface area contributed by atoms with Gasteiger partial charge in [0.2, 0.25) is 10.0 Å². The third kappa shape index (κ3) is 3.88.